The molecule has 23 heavy (non-hydrogen) atoms. The highest BCUT2D eigenvalue weighted by Crippen LogP contribution is 2.12. The molecule has 0 unspecified atom stereocenters. The fraction of sp³-hybridized carbons (Fsp3) is 0.176. The number of amides is 2. The molecule has 0 aliphatic rings. The topological polar surface area (TPSA) is 72.2 Å². The molecule has 0 aromatic heterocycles. The van der Waals surface area contributed by atoms with E-state index in [1.54, 1.807) is 0 Å². The van der Waals surface area contributed by atoms with Crippen LogP contribution in [-0.2, 0) is 11.2 Å². The Hall–Kier alpha value is -2.76. The summed E-state index contributed by atoms with van der Waals surface area (Å²) in [5.74, 6) is -3.34. The number of nitrogens with two attached hydrogens (primary N) is 1. The largest absolute Gasteiger partial charge is 0.368 e. The zero-order valence-corrected chi connectivity index (χ0v) is 12.5. The summed E-state index contributed by atoms with van der Waals surface area (Å²) in [6, 6.07) is 8.95. The molecule has 2 aromatic carbocycles. The number of aryl methyl sites for hydroxylation is 1. The van der Waals surface area contributed by atoms with Crippen molar-refractivity contribution in [3.63, 3.8) is 0 Å². The number of nitrogens with one attached hydrogen (secondary N) is 1. The van der Waals surface area contributed by atoms with E-state index in [0.29, 0.717) is 6.07 Å². The first-order chi connectivity index (χ1) is 10.9. The number of benzene rings is 2. The first-order valence-corrected chi connectivity index (χ1v) is 6.98. The molecule has 0 heterocycles. The van der Waals surface area contributed by atoms with Crippen LogP contribution in [-0.4, -0.2) is 17.9 Å². The van der Waals surface area contributed by atoms with Crippen LogP contribution in [0.5, 0.6) is 0 Å². The number of halogens is 2. The molecular formula is C17H16F2N2O2. The molecule has 0 aliphatic carbocycles. The minimum atomic E-state index is -0.999. The Morgan fingerprint density at radius 3 is 2.48 bits per heavy atom. The molecule has 2 rings (SSSR count). The number of carbonyl (C=O) groups is 2. The van der Waals surface area contributed by atoms with Gasteiger partial charge in [0.2, 0.25) is 5.91 Å². The van der Waals surface area contributed by atoms with E-state index in [4.69, 9.17) is 5.73 Å². The third-order valence-electron chi connectivity index (χ3n) is 3.51. The van der Waals surface area contributed by atoms with Gasteiger partial charge >= 0.3 is 0 Å². The van der Waals surface area contributed by atoms with Crippen LogP contribution in [0.15, 0.2) is 42.5 Å². The van der Waals surface area contributed by atoms with Crippen molar-refractivity contribution in [2.45, 2.75) is 19.4 Å². The van der Waals surface area contributed by atoms with Gasteiger partial charge in [0.25, 0.3) is 5.91 Å². The third-order valence-corrected chi connectivity index (χ3v) is 3.51. The van der Waals surface area contributed by atoms with E-state index in [2.05, 4.69) is 5.32 Å². The number of carbonyl (C=O) groups excluding carboxylic acids is 2. The van der Waals surface area contributed by atoms with Crippen molar-refractivity contribution in [3.8, 4) is 0 Å². The Balaban J connectivity index is 2.18. The fourth-order valence-electron chi connectivity index (χ4n) is 2.19. The maximum absolute atomic E-state index is 13.6. The molecule has 0 radical (unpaired) electrons. The Labute approximate surface area is 132 Å². The van der Waals surface area contributed by atoms with Gasteiger partial charge in [0.05, 0.1) is 5.56 Å². The Morgan fingerprint density at radius 1 is 1.17 bits per heavy atom. The summed E-state index contributed by atoms with van der Waals surface area (Å²) in [4.78, 5) is 23.7. The van der Waals surface area contributed by atoms with E-state index < -0.39 is 29.5 Å². The standard InChI is InChI=1S/C17H16F2N2O2/c1-10-4-2-3-5-11(10)8-15(16(20)22)21-17(23)13-7-6-12(18)9-14(13)19/h2-7,9,15H,8H2,1H3,(H2,20,22)(H,21,23)/t15-/m1/s1. The lowest BCUT2D eigenvalue weighted by Crippen LogP contribution is -2.46. The van der Waals surface area contributed by atoms with Crippen molar-refractivity contribution in [2.75, 3.05) is 0 Å². The van der Waals surface area contributed by atoms with E-state index in [-0.39, 0.29) is 12.0 Å². The van der Waals surface area contributed by atoms with E-state index in [1.807, 2.05) is 31.2 Å². The second-order valence-electron chi connectivity index (χ2n) is 5.18. The first kappa shape index (κ1) is 16.6. The molecule has 2 aromatic rings. The lowest BCUT2D eigenvalue weighted by atomic mass is 10.0. The second-order valence-corrected chi connectivity index (χ2v) is 5.18. The number of primary amides is 1. The van der Waals surface area contributed by atoms with Gasteiger partial charge in [0.15, 0.2) is 0 Å². The van der Waals surface area contributed by atoms with Crippen LogP contribution in [0, 0.1) is 18.6 Å². The highest BCUT2D eigenvalue weighted by atomic mass is 19.1. The van der Waals surface area contributed by atoms with Crippen LogP contribution in [0.25, 0.3) is 0 Å². The summed E-state index contributed by atoms with van der Waals surface area (Å²) in [5, 5.41) is 2.39. The molecule has 1 atom stereocenters. The fourth-order valence-corrected chi connectivity index (χ4v) is 2.19. The van der Waals surface area contributed by atoms with Crippen LogP contribution >= 0.6 is 0 Å². The molecule has 0 fully saturated rings. The predicted octanol–water partition coefficient (Wildman–Crippen LogP) is 2.10. The lowest BCUT2D eigenvalue weighted by Gasteiger charge is -2.17. The summed E-state index contributed by atoms with van der Waals surface area (Å²) in [6.07, 6.45) is 0.191. The quantitative estimate of drug-likeness (QED) is 0.886. The summed E-state index contributed by atoms with van der Waals surface area (Å²) in [5.41, 5.74) is 6.76. The zero-order chi connectivity index (χ0) is 17.0. The lowest BCUT2D eigenvalue weighted by molar-refractivity contribution is -0.119. The van der Waals surface area contributed by atoms with Gasteiger partial charge in [0.1, 0.15) is 17.7 Å². The van der Waals surface area contributed by atoms with Crippen LogP contribution in [0.1, 0.15) is 21.5 Å². The van der Waals surface area contributed by atoms with Crippen molar-refractivity contribution >= 4 is 11.8 Å². The average molecular weight is 318 g/mol. The molecular weight excluding hydrogens is 302 g/mol. The van der Waals surface area contributed by atoms with E-state index >= 15 is 0 Å². The van der Waals surface area contributed by atoms with Gasteiger partial charge in [-0.2, -0.15) is 0 Å². The highest BCUT2D eigenvalue weighted by Gasteiger charge is 2.22. The Morgan fingerprint density at radius 2 is 1.87 bits per heavy atom. The van der Waals surface area contributed by atoms with Crippen molar-refractivity contribution in [2.24, 2.45) is 5.73 Å². The van der Waals surface area contributed by atoms with Crippen LogP contribution in [0.2, 0.25) is 0 Å². The van der Waals surface area contributed by atoms with Gasteiger partial charge in [-0.3, -0.25) is 9.59 Å². The van der Waals surface area contributed by atoms with E-state index in [9.17, 15) is 18.4 Å². The highest BCUT2D eigenvalue weighted by molar-refractivity contribution is 5.97. The summed E-state index contributed by atoms with van der Waals surface area (Å²) >= 11 is 0. The molecule has 0 bridgehead atoms. The van der Waals surface area contributed by atoms with Gasteiger partial charge in [-0.25, -0.2) is 8.78 Å². The van der Waals surface area contributed by atoms with E-state index in [1.165, 1.54) is 0 Å². The Kier molecular flexibility index (Phi) is 5.05. The third kappa shape index (κ3) is 4.12. The SMILES string of the molecule is Cc1ccccc1C[C@@H](NC(=O)c1ccc(F)cc1F)C(N)=O. The van der Waals surface area contributed by atoms with Crippen molar-refractivity contribution in [3.05, 3.63) is 70.8 Å². The van der Waals surface area contributed by atoms with Crippen molar-refractivity contribution < 1.29 is 18.4 Å². The molecule has 2 amide bonds. The van der Waals surface area contributed by atoms with Crippen LogP contribution < -0.4 is 11.1 Å². The zero-order valence-electron chi connectivity index (χ0n) is 12.5. The number of hydrogen-bond donors (Lipinski definition) is 2. The van der Waals surface area contributed by atoms with Crippen molar-refractivity contribution in [1.29, 1.82) is 0 Å². The van der Waals surface area contributed by atoms with Gasteiger partial charge in [0, 0.05) is 12.5 Å². The summed E-state index contributed by atoms with van der Waals surface area (Å²) in [7, 11) is 0. The Bertz CT molecular complexity index is 747. The molecule has 0 aliphatic heterocycles. The maximum Gasteiger partial charge on any atom is 0.254 e. The van der Waals surface area contributed by atoms with Gasteiger partial charge in [-0.05, 0) is 30.2 Å². The van der Waals surface area contributed by atoms with Crippen molar-refractivity contribution in [1.82, 2.24) is 5.32 Å². The van der Waals surface area contributed by atoms with E-state index in [0.717, 1.165) is 23.3 Å². The van der Waals surface area contributed by atoms with Crippen LogP contribution in [0.3, 0.4) is 0 Å². The molecule has 0 saturated carbocycles. The molecule has 120 valence electrons. The maximum atomic E-state index is 13.6. The molecule has 4 nitrogen and oxygen atoms in total. The van der Waals surface area contributed by atoms with Crippen LogP contribution in [0.4, 0.5) is 8.78 Å². The second kappa shape index (κ2) is 7.00. The number of hydrogen-bond acceptors (Lipinski definition) is 2. The molecule has 0 saturated heterocycles. The number of rotatable bonds is 5. The normalized spacial score (nSPS) is 11.8. The van der Waals surface area contributed by atoms with Gasteiger partial charge in [-0.1, -0.05) is 24.3 Å². The first-order valence-electron chi connectivity index (χ1n) is 6.98. The monoisotopic (exact) mass is 318 g/mol. The molecule has 0 spiro atoms. The summed E-state index contributed by atoms with van der Waals surface area (Å²) < 4.78 is 26.5. The smallest absolute Gasteiger partial charge is 0.254 e. The average Bonchev–Trinajstić information content (AvgIpc) is 2.48. The van der Waals surface area contributed by atoms with Gasteiger partial charge < -0.3 is 11.1 Å². The minimum Gasteiger partial charge on any atom is -0.368 e. The molecule has 6 heteroatoms. The summed E-state index contributed by atoms with van der Waals surface area (Å²) in [6.45, 7) is 1.87. The predicted molar refractivity (Wildman–Crippen MR) is 81.7 cm³/mol. The van der Waals surface area contributed by atoms with Gasteiger partial charge in [-0.15, -0.1) is 0 Å². The molecule has 3 N–H and O–H groups in total. The minimum absolute atomic E-state index is 0.191.